The van der Waals surface area contributed by atoms with Crippen LogP contribution in [-0.2, 0) is 6.67 Å². The fourth-order valence-electron chi connectivity index (χ4n) is 2.19. The molecule has 0 aromatic carbocycles. The molecule has 4 rings (SSSR count). The molecule has 0 bridgehead atoms. The average Bonchev–Trinajstić information content (AvgIpc) is 3.26. The van der Waals surface area contributed by atoms with E-state index in [-0.39, 0.29) is 0 Å². The molecular weight excluding hydrogens is 336 g/mol. The third-order valence-corrected chi connectivity index (χ3v) is 5.28. The minimum atomic E-state index is 0.676. The van der Waals surface area contributed by atoms with Gasteiger partial charge in [0.1, 0.15) is 17.4 Å². The Labute approximate surface area is 139 Å². The lowest BCUT2D eigenvalue weighted by atomic mass is 10.3. The second-order valence-electron chi connectivity index (χ2n) is 4.69. The van der Waals surface area contributed by atoms with Crippen LogP contribution in [0.4, 0.5) is 5.82 Å². The molecule has 0 unspecified atom stereocenters. The first-order valence-electron chi connectivity index (χ1n) is 6.54. The summed E-state index contributed by atoms with van der Waals surface area (Å²) in [6, 6.07) is 2.08. The van der Waals surface area contributed by atoms with Crippen LogP contribution in [0.3, 0.4) is 0 Å². The van der Waals surface area contributed by atoms with Crippen LogP contribution in [0.5, 0.6) is 0 Å². The predicted molar refractivity (Wildman–Crippen MR) is 91.4 cm³/mol. The Kier molecular flexibility index (Phi) is 3.68. The number of hydrogen-bond donors (Lipinski definition) is 0. The number of aromatic nitrogens is 3. The minimum absolute atomic E-state index is 0.676. The summed E-state index contributed by atoms with van der Waals surface area (Å²) in [5.74, 6) is 1.60. The Morgan fingerprint density at radius 3 is 3.14 bits per heavy atom. The van der Waals surface area contributed by atoms with Gasteiger partial charge in [0.15, 0.2) is 5.82 Å². The van der Waals surface area contributed by atoms with Crippen molar-refractivity contribution in [2.24, 2.45) is 10.3 Å². The molecule has 0 radical (unpaired) electrons. The Morgan fingerprint density at radius 2 is 2.32 bits per heavy atom. The molecule has 3 aromatic heterocycles. The highest BCUT2D eigenvalue weighted by molar-refractivity contribution is 7.98. The van der Waals surface area contributed by atoms with Crippen molar-refractivity contribution in [2.45, 2.75) is 6.67 Å². The van der Waals surface area contributed by atoms with Crippen LogP contribution in [-0.4, -0.2) is 31.7 Å². The van der Waals surface area contributed by atoms with E-state index in [0.717, 1.165) is 33.7 Å². The second kappa shape index (κ2) is 5.82. The second-order valence-corrected chi connectivity index (χ2v) is 7.17. The SMILES string of the molecule is CSCN1Cn2cnc(-c3nc(-c4ccsc4)cs3)c2N=N1. The van der Waals surface area contributed by atoms with Gasteiger partial charge in [-0.15, -0.1) is 28.2 Å². The number of hydrogen-bond acceptors (Lipinski definition) is 8. The first-order valence-corrected chi connectivity index (χ1v) is 9.76. The molecule has 112 valence electrons. The van der Waals surface area contributed by atoms with Gasteiger partial charge in [0.05, 0.1) is 17.9 Å². The van der Waals surface area contributed by atoms with Gasteiger partial charge >= 0.3 is 0 Å². The van der Waals surface area contributed by atoms with E-state index in [0.29, 0.717) is 6.67 Å². The molecule has 0 fully saturated rings. The van der Waals surface area contributed by atoms with Gasteiger partial charge in [-0.2, -0.15) is 11.3 Å². The molecule has 1 aliphatic heterocycles. The summed E-state index contributed by atoms with van der Waals surface area (Å²) < 4.78 is 2.00. The summed E-state index contributed by atoms with van der Waals surface area (Å²) in [4.78, 5) is 9.17. The van der Waals surface area contributed by atoms with Crippen LogP contribution < -0.4 is 0 Å². The highest BCUT2D eigenvalue weighted by atomic mass is 32.2. The fraction of sp³-hybridized carbons (Fsp3) is 0.231. The smallest absolute Gasteiger partial charge is 0.188 e. The van der Waals surface area contributed by atoms with Crippen LogP contribution >= 0.6 is 34.4 Å². The Morgan fingerprint density at radius 1 is 1.36 bits per heavy atom. The molecule has 4 heterocycles. The number of thioether (sulfide) groups is 1. The van der Waals surface area contributed by atoms with Crippen LogP contribution in [0, 0.1) is 0 Å². The highest BCUT2D eigenvalue weighted by Gasteiger charge is 2.20. The lowest BCUT2D eigenvalue weighted by Crippen LogP contribution is -2.22. The summed E-state index contributed by atoms with van der Waals surface area (Å²) in [7, 11) is 0. The molecule has 0 spiro atoms. The van der Waals surface area contributed by atoms with E-state index in [1.807, 2.05) is 22.2 Å². The Bertz CT molecular complexity index is 804. The molecule has 9 heteroatoms. The number of fused-ring (bicyclic) bond motifs is 1. The Hall–Kier alpha value is -1.71. The van der Waals surface area contributed by atoms with Crippen LogP contribution in [0.2, 0.25) is 0 Å². The lowest BCUT2D eigenvalue weighted by Gasteiger charge is -2.20. The van der Waals surface area contributed by atoms with Crippen molar-refractivity contribution >= 4 is 40.3 Å². The number of imidazole rings is 1. The summed E-state index contributed by atoms with van der Waals surface area (Å²) in [5, 5.41) is 17.5. The number of nitrogens with zero attached hydrogens (tertiary/aromatic N) is 6. The average molecular weight is 348 g/mol. The molecule has 0 aliphatic carbocycles. The summed E-state index contributed by atoms with van der Waals surface area (Å²) >= 11 is 4.98. The third-order valence-electron chi connectivity index (χ3n) is 3.19. The minimum Gasteiger partial charge on any atom is -0.293 e. The number of thiophene rings is 1. The van der Waals surface area contributed by atoms with Crippen molar-refractivity contribution in [1.82, 2.24) is 19.5 Å². The summed E-state index contributed by atoms with van der Waals surface area (Å²) in [6.45, 7) is 0.676. The predicted octanol–water partition coefficient (Wildman–Crippen LogP) is 4.33. The maximum atomic E-state index is 4.69. The van der Waals surface area contributed by atoms with Crippen molar-refractivity contribution in [1.29, 1.82) is 0 Å². The molecule has 0 amide bonds. The third kappa shape index (κ3) is 2.44. The molecule has 22 heavy (non-hydrogen) atoms. The van der Waals surface area contributed by atoms with E-state index in [2.05, 4.69) is 42.5 Å². The monoisotopic (exact) mass is 348 g/mol. The topological polar surface area (TPSA) is 58.7 Å². The standard InChI is InChI=1S/C13H12N6S3/c1-20-8-19-7-18-6-14-11(12(18)16-17-19)13-15-10(5-22-13)9-2-3-21-4-9/h2-6H,7-8H2,1H3. The molecule has 0 saturated heterocycles. The van der Waals surface area contributed by atoms with E-state index in [4.69, 9.17) is 0 Å². The largest absolute Gasteiger partial charge is 0.293 e. The van der Waals surface area contributed by atoms with E-state index >= 15 is 0 Å². The summed E-state index contributed by atoms with van der Waals surface area (Å²) in [6.07, 6.45) is 3.85. The zero-order valence-corrected chi connectivity index (χ0v) is 14.2. The first-order chi connectivity index (χ1) is 10.8. The fourth-order valence-corrected chi connectivity index (χ4v) is 4.09. The Balaban J connectivity index is 1.65. The molecule has 1 aliphatic rings. The molecule has 0 atom stereocenters. The van der Waals surface area contributed by atoms with E-state index in [1.54, 1.807) is 34.4 Å². The van der Waals surface area contributed by atoms with Gasteiger partial charge in [0, 0.05) is 16.3 Å². The molecule has 0 N–H and O–H groups in total. The molecular formula is C13H12N6S3. The molecule has 3 aromatic rings. The molecule has 0 saturated carbocycles. The van der Waals surface area contributed by atoms with E-state index < -0.39 is 0 Å². The van der Waals surface area contributed by atoms with Crippen molar-refractivity contribution < 1.29 is 0 Å². The maximum absolute atomic E-state index is 4.69. The van der Waals surface area contributed by atoms with Gasteiger partial charge in [0.25, 0.3) is 0 Å². The zero-order chi connectivity index (χ0) is 14.9. The zero-order valence-electron chi connectivity index (χ0n) is 11.7. The van der Waals surface area contributed by atoms with Crippen LogP contribution in [0.15, 0.2) is 38.9 Å². The van der Waals surface area contributed by atoms with Gasteiger partial charge in [-0.3, -0.25) is 4.57 Å². The number of thiazole rings is 1. The van der Waals surface area contributed by atoms with Gasteiger partial charge in [-0.05, 0) is 17.7 Å². The van der Waals surface area contributed by atoms with Gasteiger partial charge < -0.3 is 0 Å². The summed E-state index contributed by atoms with van der Waals surface area (Å²) in [5.41, 5.74) is 2.94. The van der Waals surface area contributed by atoms with Crippen molar-refractivity contribution in [3.05, 3.63) is 28.5 Å². The van der Waals surface area contributed by atoms with Gasteiger partial charge in [-0.1, -0.05) is 5.22 Å². The van der Waals surface area contributed by atoms with Crippen molar-refractivity contribution in [3.63, 3.8) is 0 Å². The van der Waals surface area contributed by atoms with Gasteiger partial charge in [0.2, 0.25) is 0 Å². The van der Waals surface area contributed by atoms with Crippen molar-refractivity contribution in [2.75, 3.05) is 12.1 Å². The molecule has 6 nitrogen and oxygen atoms in total. The normalized spacial score (nSPS) is 13.6. The van der Waals surface area contributed by atoms with Crippen molar-refractivity contribution in [3.8, 4) is 22.0 Å². The maximum Gasteiger partial charge on any atom is 0.188 e. The first kappa shape index (κ1) is 13.9. The van der Waals surface area contributed by atoms with Crippen LogP contribution in [0.25, 0.3) is 22.0 Å². The number of rotatable bonds is 4. The lowest BCUT2D eigenvalue weighted by molar-refractivity contribution is 0.237. The van der Waals surface area contributed by atoms with E-state index in [9.17, 15) is 0 Å². The van der Waals surface area contributed by atoms with Gasteiger partial charge in [-0.25, -0.2) is 15.0 Å². The highest BCUT2D eigenvalue weighted by Crippen LogP contribution is 2.36. The van der Waals surface area contributed by atoms with Crippen LogP contribution in [0.1, 0.15) is 0 Å². The quantitative estimate of drug-likeness (QED) is 0.704. The van der Waals surface area contributed by atoms with E-state index in [1.165, 1.54) is 0 Å².